The van der Waals surface area contributed by atoms with Crippen LogP contribution in [0.3, 0.4) is 0 Å². The second-order valence-corrected chi connectivity index (χ2v) is 10.2. The summed E-state index contributed by atoms with van der Waals surface area (Å²) in [5.74, 6) is -2.88. The Balaban J connectivity index is 1.56. The first-order valence-electron chi connectivity index (χ1n) is 13.7. The molecular formula is C31H33F2N5O4. The van der Waals surface area contributed by atoms with E-state index in [9.17, 15) is 28.0 Å². The molecule has 220 valence electrons. The third-order valence-electron chi connectivity index (χ3n) is 7.19. The van der Waals surface area contributed by atoms with Gasteiger partial charge in [0.1, 0.15) is 17.7 Å². The zero-order valence-electron chi connectivity index (χ0n) is 23.1. The molecule has 4 rings (SSSR count). The van der Waals surface area contributed by atoms with Crippen molar-refractivity contribution >= 4 is 23.6 Å². The van der Waals surface area contributed by atoms with Crippen molar-refractivity contribution in [3.05, 3.63) is 101 Å². The van der Waals surface area contributed by atoms with Crippen LogP contribution in [-0.4, -0.2) is 82.1 Å². The number of carbonyl (C=O) groups is 4. The number of carbonyl (C=O) groups excluding carboxylic acids is 4. The number of hydrogen-bond donors (Lipinski definition) is 1. The second kappa shape index (κ2) is 14.3. The van der Waals surface area contributed by atoms with E-state index < -0.39 is 35.5 Å². The Bertz CT molecular complexity index is 1390. The number of primary amides is 1. The molecule has 0 spiro atoms. The van der Waals surface area contributed by atoms with Crippen LogP contribution in [0.25, 0.3) is 0 Å². The highest BCUT2D eigenvalue weighted by molar-refractivity contribution is 5.97. The van der Waals surface area contributed by atoms with E-state index in [2.05, 4.69) is 4.98 Å². The van der Waals surface area contributed by atoms with Gasteiger partial charge in [-0.1, -0.05) is 30.3 Å². The topological polar surface area (TPSA) is 117 Å². The lowest BCUT2D eigenvalue weighted by Crippen LogP contribution is -2.53. The van der Waals surface area contributed by atoms with Crippen LogP contribution in [-0.2, 0) is 38.4 Å². The first kappa shape index (κ1) is 30.3. The van der Waals surface area contributed by atoms with Gasteiger partial charge < -0.3 is 20.4 Å². The molecule has 1 aliphatic rings. The third-order valence-corrected chi connectivity index (χ3v) is 7.19. The van der Waals surface area contributed by atoms with E-state index in [1.54, 1.807) is 42.6 Å². The molecule has 9 nitrogen and oxygen atoms in total. The number of amides is 4. The van der Waals surface area contributed by atoms with Crippen LogP contribution in [0.5, 0.6) is 0 Å². The van der Waals surface area contributed by atoms with E-state index in [4.69, 9.17) is 5.73 Å². The molecule has 1 aromatic heterocycles. The molecule has 1 aliphatic heterocycles. The van der Waals surface area contributed by atoms with Gasteiger partial charge in [-0.05, 0) is 60.4 Å². The van der Waals surface area contributed by atoms with E-state index in [1.165, 1.54) is 39.0 Å². The summed E-state index contributed by atoms with van der Waals surface area (Å²) in [6.45, 7) is -0.211. The van der Waals surface area contributed by atoms with Gasteiger partial charge >= 0.3 is 0 Å². The van der Waals surface area contributed by atoms with Gasteiger partial charge in [0.05, 0.1) is 19.5 Å². The standard InChI is InChI=1S/C31H33F2N5O4/c32-24-8-4-22(5-9-24)12-16-36-21-30(41)38(18-13-23-6-10-25(33)11-7-23)27(19-29(36)40)31(42)37(20-28(34)39)17-14-26-3-1-2-15-35-26/h1-11,15,27H,12-14,16-21H2,(H2,34,39). The molecule has 1 fully saturated rings. The molecule has 0 bridgehead atoms. The maximum absolute atomic E-state index is 13.9. The van der Waals surface area contributed by atoms with Crippen molar-refractivity contribution in [2.75, 3.05) is 32.7 Å². The number of hydrogen-bond acceptors (Lipinski definition) is 5. The van der Waals surface area contributed by atoms with Crippen molar-refractivity contribution in [2.45, 2.75) is 31.7 Å². The van der Waals surface area contributed by atoms with Crippen molar-refractivity contribution in [1.82, 2.24) is 19.7 Å². The zero-order valence-corrected chi connectivity index (χ0v) is 23.1. The number of aromatic nitrogens is 1. The lowest BCUT2D eigenvalue weighted by molar-refractivity contribution is -0.146. The number of rotatable bonds is 12. The molecule has 2 aromatic carbocycles. The highest BCUT2D eigenvalue weighted by atomic mass is 19.1. The van der Waals surface area contributed by atoms with Crippen LogP contribution >= 0.6 is 0 Å². The maximum atomic E-state index is 13.9. The van der Waals surface area contributed by atoms with Gasteiger partial charge in [-0.2, -0.15) is 0 Å². The van der Waals surface area contributed by atoms with Crippen molar-refractivity contribution in [1.29, 1.82) is 0 Å². The summed E-state index contributed by atoms with van der Waals surface area (Å²) in [5, 5.41) is 0. The summed E-state index contributed by atoms with van der Waals surface area (Å²) in [5.41, 5.74) is 7.71. The van der Waals surface area contributed by atoms with Crippen LogP contribution in [0, 0.1) is 11.6 Å². The second-order valence-electron chi connectivity index (χ2n) is 10.2. The molecule has 2 heterocycles. The largest absolute Gasteiger partial charge is 0.368 e. The first-order chi connectivity index (χ1) is 20.2. The fourth-order valence-electron chi connectivity index (χ4n) is 4.90. The molecule has 1 unspecified atom stereocenters. The van der Waals surface area contributed by atoms with Crippen molar-refractivity contribution in [3.63, 3.8) is 0 Å². The Kier molecular flexibility index (Phi) is 10.3. The van der Waals surface area contributed by atoms with Crippen LogP contribution in [0.15, 0.2) is 72.9 Å². The summed E-state index contributed by atoms with van der Waals surface area (Å²) < 4.78 is 26.8. The monoisotopic (exact) mass is 577 g/mol. The average molecular weight is 578 g/mol. The van der Waals surface area contributed by atoms with Gasteiger partial charge in [-0.25, -0.2) is 8.78 Å². The summed E-state index contributed by atoms with van der Waals surface area (Å²) in [7, 11) is 0. The lowest BCUT2D eigenvalue weighted by Gasteiger charge is -2.32. The predicted molar refractivity (Wildman–Crippen MR) is 151 cm³/mol. The quantitative estimate of drug-likeness (QED) is 0.354. The summed E-state index contributed by atoms with van der Waals surface area (Å²) in [4.78, 5) is 61.1. The molecule has 4 amide bonds. The number of nitrogens with two attached hydrogens (primary N) is 1. The van der Waals surface area contributed by atoms with E-state index >= 15 is 0 Å². The minimum atomic E-state index is -1.16. The molecule has 42 heavy (non-hydrogen) atoms. The van der Waals surface area contributed by atoms with Crippen molar-refractivity contribution in [3.8, 4) is 0 Å². The average Bonchev–Trinajstić information content (AvgIpc) is 3.09. The SMILES string of the molecule is NC(=O)CN(CCc1ccccn1)C(=O)C1CC(=O)N(CCc2ccc(F)cc2)CC(=O)N1CCc1ccc(F)cc1. The molecule has 0 aliphatic carbocycles. The Hall–Kier alpha value is -4.67. The van der Waals surface area contributed by atoms with Crippen LogP contribution in [0.4, 0.5) is 8.78 Å². The van der Waals surface area contributed by atoms with Crippen LogP contribution < -0.4 is 5.73 Å². The Morgan fingerprint density at radius 1 is 0.857 bits per heavy atom. The zero-order chi connectivity index (χ0) is 30.1. The minimum absolute atomic E-state index is 0.102. The van der Waals surface area contributed by atoms with Crippen molar-refractivity contribution in [2.24, 2.45) is 5.73 Å². The molecule has 1 atom stereocenters. The Morgan fingerprint density at radius 3 is 2.05 bits per heavy atom. The highest BCUT2D eigenvalue weighted by Crippen LogP contribution is 2.19. The minimum Gasteiger partial charge on any atom is -0.368 e. The van der Waals surface area contributed by atoms with Gasteiger partial charge in [-0.3, -0.25) is 24.2 Å². The number of pyridine rings is 1. The molecule has 0 saturated carbocycles. The first-order valence-corrected chi connectivity index (χ1v) is 13.7. The van der Waals surface area contributed by atoms with Gasteiger partial charge in [-0.15, -0.1) is 0 Å². The summed E-state index contributed by atoms with van der Waals surface area (Å²) >= 11 is 0. The van der Waals surface area contributed by atoms with Crippen LogP contribution in [0.2, 0.25) is 0 Å². The summed E-state index contributed by atoms with van der Waals surface area (Å²) in [6, 6.07) is 15.9. The molecular weight excluding hydrogens is 544 g/mol. The number of nitrogens with zero attached hydrogens (tertiary/aromatic N) is 4. The number of halogens is 2. The van der Waals surface area contributed by atoms with Gasteiger partial charge in [0.2, 0.25) is 23.6 Å². The number of benzene rings is 2. The Morgan fingerprint density at radius 2 is 1.48 bits per heavy atom. The normalized spacial score (nSPS) is 15.4. The molecule has 1 saturated heterocycles. The lowest BCUT2D eigenvalue weighted by atomic mass is 10.1. The van der Waals surface area contributed by atoms with Crippen LogP contribution in [0.1, 0.15) is 23.2 Å². The predicted octanol–water partition coefficient (Wildman–Crippen LogP) is 2.13. The smallest absolute Gasteiger partial charge is 0.246 e. The Labute approximate surface area is 242 Å². The van der Waals surface area contributed by atoms with E-state index in [0.29, 0.717) is 25.0 Å². The highest BCUT2D eigenvalue weighted by Gasteiger charge is 2.39. The fourth-order valence-corrected chi connectivity index (χ4v) is 4.90. The molecule has 11 heteroatoms. The molecule has 0 radical (unpaired) electrons. The van der Waals surface area contributed by atoms with Crippen molar-refractivity contribution < 1.29 is 28.0 Å². The summed E-state index contributed by atoms with van der Waals surface area (Å²) in [6.07, 6.45) is 2.40. The third kappa shape index (κ3) is 8.42. The van der Waals surface area contributed by atoms with Gasteiger partial charge in [0.15, 0.2) is 0 Å². The van der Waals surface area contributed by atoms with E-state index in [0.717, 1.165) is 11.1 Å². The fraction of sp³-hybridized carbons (Fsp3) is 0.323. The molecule has 2 N–H and O–H groups in total. The molecule has 3 aromatic rings. The van der Waals surface area contributed by atoms with Gasteiger partial charge in [0, 0.05) is 37.9 Å². The van der Waals surface area contributed by atoms with E-state index in [1.807, 2.05) is 6.07 Å². The van der Waals surface area contributed by atoms with Gasteiger partial charge in [0.25, 0.3) is 0 Å². The maximum Gasteiger partial charge on any atom is 0.246 e. The van der Waals surface area contributed by atoms with E-state index in [-0.39, 0.29) is 45.0 Å².